The Bertz CT molecular complexity index is 388. The molecule has 1 heterocycles. The van der Waals surface area contributed by atoms with Gasteiger partial charge in [-0.1, -0.05) is 0 Å². The van der Waals surface area contributed by atoms with Gasteiger partial charge in [0.25, 0.3) is 0 Å². The lowest BCUT2D eigenvalue weighted by Gasteiger charge is -2.16. The SMILES string of the molecule is NC(C(=O)O)c1cc2c(s1)CCCC2O. The molecule has 0 bridgehead atoms. The summed E-state index contributed by atoms with van der Waals surface area (Å²) in [6, 6.07) is 0.774. The van der Waals surface area contributed by atoms with Crippen LogP contribution in [0.2, 0.25) is 0 Å². The molecule has 2 unspecified atom stereocenters. The third-order valence-corrected chi connectivity index (χ3v) is 3.97. The lowest BCUT2D eigenvalue weighted by molar-refractivity contribution is -0.138. The highest BCUT2D eigenvalue weighted by Crippen LogP contribution is 2.37. The number of carboxylic acids is 1. The van der Waals surface area contributed by atoms with Crippen LogP contribution in [0.25, 0.3) is 0 Å². The van der Waals surface area contributed by atoms with Crippen molar-refractivity contribution in [1.29, 1.82) is 0 Å². The van der Waals surface area contributed by atoms with E-state index in [1.54, 1.807) is 6.07 Å². The molecule has 2 rings (SSSR count). The molecule has 1 aromatic rings. The Labute approximate surface area is 91.3 Å². The number of aryl methyl sites for hydroxylation is 1. The Morgan fingerprint density at radius 2 is 2.40 bits per heavy atom. The number of carbonyl (C=O) groups is 1. The summed E-state index contributed by atoms with van der Waals surface area (Å²) in [5, 5.41) is 18.5. The van der Waals surface area contributed by atoms with Crippen molar-refractivity contribution in [3.05, 3.63) is 21.4 Å². The smallest absolute Gasteiger partial charge is 0.325 e. The van der Waals surface area contributed by atoms with Crippen LogP contribution >= 0.6 is 11.3 Å². The summed E-state index contributed by atoms with van der Waals surface area (Å²) >= 11 is 1.41. The number of rotatable bonds is 2. The number of aliphatic carboxylic acids is 1. The predicted molar refractivity (Wildman–Crippen MR) is 56.8 cm³/mol. The molecule has 1 aliphatic rings. The highest BCUT2D eigenvalue weighted by atomic mass is 32.1. The van der Waals surface area contributed by atoms with E-state index >= 15 is 0 Å². The molecule has 0 radical (unpaired) electrons. The molecule has 0 saturated heterocycles. The summed E-state index contributed by atoms with van der Waals surface area (Å²) in [5.41, 5.74) is 6.40. The van der Waals surface area contributed by atoms with E-state index in [-0.39, 0.29) is 0 Å². The molecule has 15 heavy (non-hydrogen) atoms. The molecule has 0 saturated carbocycles. The number of nitrogens with two attached hydrogens (primary N) is 1. The van der Waals surface area contributed by atoms with Crippen LogP contribution in [0.5, 0.6) is 0 Å². The Hall–Kier alpha value is -0.910. The average Bonchev–Trinajstić information content (AvgIpc) is 2.61. The van der Waals surface area contributed by atoms with Gasteiger partial charge in [-0.05, 0) is 30.9 Å². The van der Waals surface area contributed by atoms with Crippen molar-refractivity contribution in [2.45, 2.75) is 31.4 Å². The number of fused-ring (bicyclic) bond motifs is 1. The zero-order valence-corrected chi connectivity index (χ0v) is 8.96. The minimum atomic E-state index is -1.02. The van der Waals surface area contributed by atoms with Gasteiger partial charge in [0.15, 0.2) is 0 Å². The van der Waals surface area contributed by atoms with Gasteiger partial charge in [-0.3, -0.25) is 4.79 Å². The van der Waals surface area contributed by atoms with Crippen molar-refractivity contribution < 1.29 is 15.0 Å². The molecule has 82 valence electrons. The van der Waals surface area contributed by atoms with Gasteiger partial charge in [0, 0.05) is 9.75 Å². The number of hydrogen-bond acceptors (Lipinski definition) is 4. The van der Waals surface area contributed by atoms with Gasteiger partial charge in [0.05, 0.1) is 6.10 Å². The molecule has 0 aromatic carbocycles. The van der Waals surface area contributed by atoms with Crippen molar-refractivity contribution in [1.82, 2.24) is 0 Å². The minimum absolute atomic E-state index is 0.445. The van der Waals surface area contributed by atoms with Crippen molar-refractivity contribution in [2.24, 2.45) is 5.73 Å². The molecule has 0 amide bonds. The van der Waals surface area contributed by atoms with Gasteiger partial charge >= 0.3 is 5.97 Å². The van der Waals surface area contributed by atoms with E-state index in [1.165, 1.54) is 11.3 Å². The highest BCUT2D eigenvalue weighted by molar-refractivity contribution is 7.12. The van der Waals surface area contributed by atoms with E-state index in [1.807, 2.05) is 0 Å². The van der Waals surface area contributed by atoms with Gasteiger partial charge in [-0.2, -0.15) is 0 Å². The number of hydrogen-bond donors (Lipinski definition) is 3. The summed E-state index contributed by atoms with van der Waals surface area (Å²) in [4.78, 5) is 12.4. The van der Waals surface area contributed by atoms with Crippen LogP contribution in [0.15, 0.2) is 6.07 Å². The van der Waals surface area contributed by atoms with E-state index < -0.39 is 18.1 Å². The molecule has 0 aliphatic heterocycles. The average molecular weight is 227 g/mol. The fraction of sp³-hybridized carbons (Fsp3) is 0.500. The molecule has 1 aromatic heterocycles. The van der Waals surface area contributed by atoms with Crippen LogP contribution in [-0.2, 0) is 11.2 Å². The Morgan fingerprint density at radius 1 is 1.67 bits per heavy atom. The summed E-state index contributed by atoms with van der Waals surface area (Å²) in [7, 11) is 0. The van der Waals surface area contributed by atoms with Gasteiger partial charge in [0.2, 0.25) is 0 Å². The summed E-state index contributed by atoms with van der Waals surface area (Å²) < 4.78 is 0. The molecular formula is C10H13NO3S. The van der Waals surface area contributed by atoms with E-state index in [9.17, 15) is 9.90 Å². The van der Waals surface area contributed by atoms with E-state index in [4.69, 9.17) is 10.8 Å². The summed E-state index contributed by atoms with van der Waals surface area (Å²) in [6.45, 7) is 0. The normalized spacial score (nSPS) is 22.1. The quantitative estimate of drug-likeness (QED) is 0.709. The Balaban J connectivity index is 2.33. The van der Waals surface area contributed by atoms with Gasteiger partial charge < -0.3 is 15.9 Å². The molecular weight excluding hydrogens is 214 g/mol. The Kier molecular flexibility index (Phi) is 2.77. The second-order valence-corrected chi connectivity index (χ2v) is 4.92. The molecule has 2 atom stereocenters. The van der Waals surface area contributed by atoms with Crippen molar-refractivity contribution >= 4 is 17.3 Å². The fourth-order valence-electron chi connectivity index (χ4n) is 1.83. The maximum atomic E-state index is 10.7. The molecule has 1 aliphatic carbocycles. The van der Waals surface area contributed by atoms with E-state index in [0.717, 1.165) is 29.7 Å². The number of aliphatic hydroxyl groups is 1. The Morgan fingerprint density at radius 3 is 3.00 bits per heavy atom. The fourth-order valence-corrected chi connectivity index (χ4v) is 3.09. The maximum absolute atomic E-state index is 10.7. The van der Waals surface area contributed by atoms with E-state index in [0.29, 0.717) is 4.88 Å². The molecule has 5 heteroatoms. The monoisotopic (exact) mass is 227 g/mol. The number of aliphatic hydroxyl groups excluding tert-OH is 1. The number of carboxylic acid groups (broad SMARTS) is 1. The summed E-state index contributed by atoms with van der Waals surface area (Å²) in [5.74, 6) is -1.02. The maximum Gasteiger partial charge on any atom is 0.325 e. The lowest BCUT2D eigenvalue weighted by atomic mass is 9.96. The van der Waals surface area contributed by atoms with Crippen LogP contribution in [0.4, 0.5) is 0 Å². The first-order chi connectivity index (χ1) is 7.09. The zero-order chi connectivity index (χ0) is 11.0. The van der Waals surface area contributed by atoms with E-state index in [2.05, 4.69) is 0 Å². The van der Waals surface area contributed by atoms with Crippen LogP contribution in [0.1, 0.15) is 40.3 Å². The van der Waals surface area contributed by atoms with Crippen LogP contribution in [0.3, 0.4) is 0 Å². The topological polar surface area (TPSA) is 83.6 Å². The van der Waals surface area contributed by atoms with Crippen LogP contribution in [0, 0.1) is 0 Å². The third kappa shape index (κ3) is 1.90. The second-order valence-electron chi connectivity index (χ2n) is 3.75. The molecule has 4 nitrogen and oxygen atoms in total. The lowest BCUT2D eigenvalue weighted by Crippen LogP contribution is -2.19. The van der Waals surface area contributed by atoms with Crippen molar-refractivity contribution in [3.8, 4) is 0 Å². The van der Waals surface area contributed by atoms with Crippen LogP contribution < -0.4 is 5.73 Å². The summed E-state index contributed by atoms with van der Waals surface area (Å²) in [6.07, 6.45) is 2.19. The third-order valence-electron chi connectivity index (χ3n) is 2.67. The van der Waals surface area contributed by atoms with Crippen molar-refractivity contribution in [3.63, 3.8) is 0 Å². The minimum Gasteiger partial charge on any atom is -0.480 e. The first-order valence-corrected chi connectivity index (χ1v) is 5.70. The second kappa shape index (κ2) is 3.92. The molecule has 0 spiro atoms. The largest absolute Gasteiger partial charge is 0.480 e. The highest BCUT2D eigenvalue weighted by Gasteiger charge is 2.24. The van der Waals surface area contributed by atoms with Gasteiger partial charge in [-0.25, -0.2) is 0 Å². The van der Waals surface area contributed by atoms with Gasteiger partial charge in [-0.15, -0.1) is 11.3 Å². The van der Waals surface area contributed by atoms with Crippen molar-refractivity contribution in [2.75, 3.05) is 0 Å². The zero-order valence-electron chi connectivity index (χ0n) is 8.14. The first kappa shape index (κ1) is 10.6. The molecule has 4 N–H and O–H groups in total. The number of thiophene rings is 1. The first-order valence-electron chi connectivity index (χ1n) is 4.88. The molecule has 0 fully saturated rings. The van der Waals surface area contributed by atoms with Gasteiger partial charge in [0.1, 0.15) is 6.04 Å². The predicted octanol–water partition coefficient (Wildman–Crippen LogP) is 1.20. The standard InChI is InChI=1S/C10H13NO3S/c11-9(10(13)14)8-4-5-6(12)2-1-3-7(5)15-8/h4,6,9,12H,1-3,11H2,(H,13,14). The van der Waals surface area contributed by atoms with Crippen LogP contribution in [-0.4, -0.2) is 16.2 Å².